The van der Waals surface area contributed by atoms with Crippen molar-refractivity contribution < 1.29 is 4.79 Å². The van der Waals surface area contributed by atoms with Crippen LogP contribution >= 0.6 is 11.6 Å². The molecule has 3 rings (SSSR count). The normalized spacial score (nSPS) is 16.9. The highest BCUT2D eigenvalue weighted by Crippen LogP contribution is 2.35. The average molecular weight is 273 g/mol. The molecule has 1 aliphatic heterocycles. The number of carbonyl (C=O) groups is 1. The van der Waals surface area contributed by atoms with E-state index < -0.39 is 6.04 Å². The quantitative estimate of drug-likeness (QED) is 0.874. The molecule has 1 unspecified atom stereocenters. The molecule has 1 heterocycles. The summed E-state index contributed by atoms with van der Waals surface area (Å²) in [5.41, 5.74) is 3.78. The van der Waals surface area contributed by atoms with Crippen LogP contribution in [-0.2, 0) is 4.79 Å². The van der Waals surface area contributed by atoms with Crippen molar-refractivity contribution in [1.82, 2.24) is 0 Å². The van der Waals surface area contributed by atoms with Gasteiger partial charge in [0.2, 0.25) is 0 Å². The molecule has 1 aliphatic rings. The summed E-state index contributed by atoms with van der Waals surface area (Å²) in [4.78, 5) is 12.0. The number of fused-ring (bicyclic) bond motifs is 1. The minimum Gasteiger partial charge on any atom is -0.370 e. The molecule has 1 amide bonds. The molecule has 2 aromatic rings. The fraction of sp³-hybridized carbons (Fsp3) is 0.133. The molecule has 19 heavy (non-hydrogen) atoms. The van der Waals surface area contributed by atoms with E-state index in [4.69, 9.17) is 11.6 Å². The highest BCUT2D eigenvalue weighted by atomic mass is 35.5. The molecular formula is C15H13ClN2O. The van der Waals surface area contributed by atoms with Gasteiger partial charge in [-0.3, -0.25) is 4.79 Å². The second-order valence-electron chi connectivity index (χ2n) is 4.67. The number of carbonyl (C=O) groups excluding carboxylic acids is 1. The first-order valence-electron chi connectivity index (χ1n) is 6.07. The number of benzene rings is 2. The number of aryl methyl sites for hydroxylation is 1. The minimum atomic E-state index is -0.393. The maximum absolute atomic E-state index is 12.0. The Balaban J connectivity index is 1.94. The number of hydrogen-bond donors (Lipinski definition) is 2. The Morgan fingerprint density at radius 2 is 2.05 bits per heavy atom. The van der Waals surface area contributed by atoms with E-state index in [0.717, 1.165) is 22.5 Å². The topological polar surface area (TPSA) is 41.1 Å². The summed E-state index contributed by atoms with van der Waals surface area (Å²) in [6.07, 6.45) is 0. The molecule has 2 N–H and O–H groups in total. The van der Waals surface area contributed by atoms with Gasteiger partial charge < -0.3 is 10.6 Å². The van der Waals surface area contributed by atoms with Crippen LogP contribution in [0.1, 0.15) is 17.2 Å². The SMILES string of the molecule is Cc1cccc(NC2C(=O)Nc3ccc(Cl)cc32)c1. The van der Waals surface area contributed by atoms with E-state index >= 15 is 0 Å². The lowest BCUT2D eigenvalue weighted by Gasteiger charge is -2.13. The zero-order valence-corrected chi connectivity index (χ0v) is 11.2. The molecular weight excluding hydrogens is 260 g/mol. The summed E-state index contributed by atoms with van der Waals surface area (Å²) in [7, 11) is 0. The molecule has 0 spiro atoms. The van der Waals surface area contributed by atoms with E-state index in [1.54, 1.807) is 6.07 Å². The van der Waals surface area contributed by atoms with Crippen molar-refractivity contribution in [3.8, 4) is 0 Å². The molecule has 4 heteroatoms. The molecule has 0 aromatic heterocycles. The Labute approximate surface area is 116 Å². The Bertz CT molecular complexity index is 654. The van der Waals surface area contributed by atoms with Gasteiger partial charge in [0.15, 0.2) is 0 Å². The molecule has 0 aliphatic carbocycles. The van der Waals surface area contributed by atoms with Crippen LogP contribution in [0.15, 0.2) is 42.5 Å². The summed E-state index contributed by atoms with van der Waals surface area (Å²) in [5, 5.41) is 6.72. The van der Waals surface area contributed by atoms with E-state index in [1.807, 2.05) is 43.3 Å². The number of rotatable bonds is 2. The summed E-state index contributed by atoms with van der Waals surface area (Å²) in [5.74, 6) is -0.0567. The second kappa shape index (κ2) is 4.59. The number of nitrogens with one attached hydrogen (secondary N) is 2. The van der Waals surface area contributed by atoms with Crippen molar-refractivity contribution in [3.05, 3.63) is 58.6 Å². The molecule has 0 fully saturated rings. The standard InChI is InChI=1S/C15H13ClN2O/c1-9-3-2-4-11(7-9)17-14-12-8-10(16)5-6-13(12)18-15(14)19/h2-8,14,17H,1H3,(H,18,19). The van der Waals surface area contributed by atoms with Crippen molar-refractivity contribution in [2.75, 3.05) is 10.6 Å². The van der Waals surface area contributed by atoms with Gasteiger partial charge in [0, 0.05) is 22.0 Å². The molecule has 1 atom stereocenters. The van der Waals surface area contributed by atoms with E-state index in [1.165, 1.54) is 0 Å². The highest BCUT2D eigenvalue weighted by molar-refractivity contribution is 6.31. The lowest BCUT2D eigenvalue weighted by molar-refractivity contribution is -0.116. The van der Waals surface area contributed by atoms with Crippen molar-refractivity contribution in [1.29, 1.82) is 0 Å². The molecule has 0 saturated carbocycles. The predicted octanol–water partition coefficient (Wildman–Crippen LogP) is 3.75. The van der Waals surface area contributed by atoms with Crippen LogP contribution in [0.5, 0.6) is 0 Å². The van der Waals surface area contributed by atoms with Crippen LogP contribution < -0.4 is 10.6 Å². The maximum Gasteiger partial charge on any atom is 0.251 e. The zero-order chi connectivity index (χ0) is 13.4. The van der Waals surface area contributed by atoms with Gasteiger partial charge in [0.05, 0.1) is 0 Å². The van der Waals surface area contributed by atoms with Crippen molar-refractivity contribution >= 4 is 28.9 Å². The Morgan fingerprint density at radius 3 is 2.84 bits per heavy atom. The van der Waals surface area contributed by atoms with Crippen LogP contribution in [0.2, 0.25) is 5.02 Å². The smallest absolute Gasteiger partial charge is 0.251 e. The highest BCUT2D eigenvalue weighted by Gasteiger charge is 2.30. The third kappa shape index (κ3) is 2.29. The lowest BCUT2D eigenvalue weighted by Crippen LogP contribution is -2.19. The second-order valence-corrected chi connectivity index (χ2v) is 5.10. The van der Waals surface area contributed by atoms with Gasteiger partial charge in [-0.25, -0.2) is 0 Å². The molecule has 96 valence electrons. The van der Waals surface area contributed by atoms with Crippen LogP contribution in [0.25, 0.3) is 0 Å². The lowest BCUT2D eigenvalue weighted by atomic mass is 10.1. The fourth-order valence-electron chi connectivity index (χ4n) is 2.28. The average Bonchev–Trinajstić information content (AvgIpc) is 2.66. The summed E-state index contributed by atoms with van der Waals surface area (Å²) in [6.45, 7) is 2.02. The molecule has 3 nitrogen and oxygen atoms in total. The summed E-state index contributed by atoms with van der Waals surface area (Å²) < 4.78 is 0. The molecule has 0 saturated heterocycles. The minimum absolute atomic E-state index is 0.0567. The maximum atomic E-state index is 12.0. The number of anilines is 2. The van der Waals surface area contributed by atoms with E-state index in [0.29, 0.717) is 5.02 Å². The first-order chi connectivity index (χ1) is 9.13. The van der Waals surface area contributed by atoms with Crippen molar-refractivity contribution in [2.24, 2.45) is 0 Å². The van der Waals surface area contributed by atoms with Gasteiger partial charge in [-0.2, -0.15) is 0 Å². The molecule has 0 radical (unpaired) electrons. The predicted molar refractivity (Wildman–Crippen MR) is 77.6 cm³/mol. The monoisotopic (exact) mass is 272 g/mol. The van der Waals surface area contributed by atoms with Gasteiger partial charge in [-0.1, -0.05) is 23.7 Å². The van der Waals surface area contributed by atoms with Crippen LogP contribution in [-0.4, -0.2) is 5.91 Å². The third-order valence-electron chi connectivity index (χ3n) is 3.17. The van der Waals surface area contributed by atoms with E-state index in [9.17, 15) is 4.79 Å². The zero-order valence-electron chi connectivity index (χ0n) is 10.4. The van der Waals surface area contributed by atoms with E-state index in [-0.39, 0.29) is 5.91 Å². The number of amides is 1. The Hall–Kier alpha value is -2.00. The molecule has 0 bridgehead atoms. The van der Waals surface area contributed by atoms with Crippen molar-refractivity contribution in [2.45, 2.75) is 13.0 Å². The van der Waals surface area contributed by atoms with Gasteiger partial charge in [-0.05, 0) is 42.8 Å². The van der Waals surface area contributed by atoms with Gasteiger partial charge >= 0.3 is 0 Å². The molecule has 2 aromatic carbocycles. The summed E-state index contributed by atoms with van der Waals surface area (Å²) >= 11 is 6.00. The van der Waals surface area contributed by atoms with Crippen LogP contribution in [0, 0.1) is 6.92 Å². The van der Waals surface area contributed by atoms with Gasteiger partial charge in [0.25, 0.3) is 5.91 Å². The van der Waals surface area contributed by atoms with Crippen LogP contribution in [0.3, 0.4) is 0 Å². The number of halogens is 1. The fourth-order valence-corrected chi connectivity index (χ4v) is 2.46. The van der Waals surface area contributed by atoms with E-state index in [2.05, 4.69) is 10.6 Å². The Kier molecular flexibility index (Phi) is 2.91. The number of hydrogen-bond acceptors (Lipinski definition) is 2. The summed E-state index contributed by atoms with van der Waals surface area (Å²) in [6, 6.07) is 13.0. The largest absolute Gasteiger partial charge is 0.370 e. The van der Waals surface area contributed by atoms with Gasteiger partial charge in [-0.15, -0.1) is 0 Å². The Morgan fingerprint density at radius 1 is 1.21 bits per heavy atom. The first kappa shape index (κ1) is 12.1. The van der Waals surface area contributed by atoms with Crippen molar-refractivity contribution in [3.63, 3.8) is 0 Å². The van der Waals surface area contributed by atoms with Crippen LogP contribution in [0.4, 0.5) is 11.4 Å². The first-order valence-corrected chi connectivity index (χ1v) is 6.45. The van der Waals surface area contributed by atoms with Gasteiger partial charge in [0.1, 0.15) is 6.04 Å². The third-order valence-corrected chi connectivity index (χ3v) is 3.41.